The third-order valence-electron chi connectivity index (χ3n) is 1.99. The highest BCUT2D eigenvalue weighted by molar-refractivity contribution is 5.85. The number of esters is 2. The van der Waals surface area contributed by atoms with Crippen molar-refractivity contribution >= 4 is 11.9 Å². The molecule has 1 saturated heterocycles. The minimum atomic E-state index is -0.359. The molecule has 12 heavy (non-hydrogen) atoms. The van der Waals surface area contributed by atoms with Crippen molar-refractivity contribution in [2.24, 2.45) is 0 Å². The smallest absolute Gasteiger partial charge is 0.313 e. The summed E-state index contributed by atoms with van der Waals surface area (Å²) in [4.78, 5) is 21.7. The Hall–Kier alpha value is -0.860. The van der Waals surface area contributed by atoms with Crippen molar-refractivity contribution in [1.82, 2.24) is 0 Å². The zero-order valence-electron chi connectivity index (χ0n) is 7.17. The summed E-state index contributed by atoms with van der Waals surface area (Å²) in [5, 5.41) is 0. The maximum absolute atomic E-state index is 10.9. The average molecular weight is 170 g/mol. The third kappa shape index (κ3) is 3.51. The van der Waals surface area contributed by atoms with E-state index in [0.29, 0.717) is 12.8 Å². The minimum Gasteiger partial charge on any atom is -0.393 e. The van der Waals surface area contributed by atoms with Crippen LogP contribution in [0.1, 0.15) is 44.9 Å². The quantitative estimate of drug-likeness (QED) is 0.411. The van der Waals surface area contributed by atoms with Crippen LogP contribution in [0.2, 0.25) is 0 Å². The van der Waals surface area contributed by atoms with Crippen molar-refractivity contribution in [3.05, 3.63) is 0 Å². The first-order chi connectivity index (χ1) is 5.79. The van der Waals surface area contributed by atoms with Crippen molar-refractivity contribution in [1.29, 1.82) is 0 Å². The van der Waals surface area contributed by atoms with Gasteiger partial charge in [-0.2, -0.15) is 0 Å². The number of hydrogen-bond acceptors (Lipinski definition) is 3. The van der Waals surface area contributed by atoms with Crippen LogP contribution in [-0.4, -0.2) is 11.9 Å². The molecule has 0 radical (unpaired) electrons. The van der Waals surface area contributed by atoms with Crippen molar-refractivity contribution in [3.8, 4) is 0 Å². The lowest BCUT2D eigenvalue weighted by Crippen LogP contribution is -2.12. The second kappa shape index (κ2) is 4.91. The van der Waals surface area contributed by atoms with E-state index >= 15 is 0 Å². The van der Waals surface area contributed by atoms with E-state index in [1.807, 2.05) is 0 Å². The van der Waals surface area contributed by atoms with Crippen molar-refractivity contribution in [3.63, 3.8) is 0 Å². The Balaban J connectivity index is 2.34. The number of hydrogen-bond donors (Lipinski definition) is 0. The predicted octanol–water partition coefficient (Wildman–Crippen LogP) is 1.80. The zero-order chi connectivity index (χ0) is 8.81. The van der Waals surface area contributed by atoms with Gasteiger partial charge in [0.05, 0.1) is 0 Å². The molecule has 1 heterocycles. The summed E-state index contributed by atoms with van der Waals surface area (Å²) in [5.74, 6) is -0.719. The Morgan fingerprint density at radius 2 is 1.17 bits per heavy atom. The fourth-order valence-corrected chi connectivity index (χ4v) is 1.30. The second-order valence-electron chi connectivity index (χ2n) is 3.11. The molecule has 1 aliphatic heterocycles. The van der Waals surface area contributed by atoms with Gasteiger partial charge in [0.25, 0.3) is 0 Å². The molecule has 0 amide bonds. The molecular formula is C9H14O3. The summed E-state index contributed by atoms with van der Waals surface area (Å²) < 4.78 is 4.55. The molecule has 1 aliphatic rings. The van der Waals surface area contributed by atoms with Gasteiger partial charge in [-0.05, 0) is 12.8 Å². The lowest BCUT2D eigenvalue weighted by molar-refractivity contribution is -0.159. The van der Waals surface area contributed by atoms with E-state index in [-0.39, 0.29) is 11.9 Å². The Morgan fingerprint density at radius 3 is 1.67 bits per heavy atom. The van der Waals surface area contributed by atoms with E-state index in [9.17, 15) is 9.59 Å². The molecule has 0 N–H and O–H groups in total. The highest BCUT2D eigenvalue weighted by Crippen LogP contribution is 2.10. The Kier molecular flexibility index (Phi) is 3.77. The topological polar surface area (TPSA) is 43.4 Å². The number of rotatable bonds is 0. The molecule has 3 nitrogen and oxygen atoms in total. The summed E-state index contributed by atoms with van der Waals surface area (Å²) in [6, 6.07) is 0. The summed E-state index contributed by atoms with van der Waals surface area (Å²) in [6.45, 7) is 0. The van der Waals surface area contributed by atoms with Gasteiger partial charge in [-0.15, -0.1) is 0 Å². The Labute approximate surface area is 72.1 Å². The molecule has 3 heteroatoms. The first-order valence-electron chi connectivity index (χ1n) is 4.52. The van der Waals surface area contributed by atoms with E-state index < -0.39 is 0 Å². The van der Waals surface area contributed by atoms with Gasteiger partial charge in [0, 0.05) is 12.8 Å². The Bertz CT molecular complexity index is 157. The van der Waals surface area contributed by atoms with E-state index in [1.165, 1.54) is 0 Å². The van der Waals surface area contributed by atoms with Gasteiger partial charge in [-0.3, -0.25) is 9.59 Å². The fraction of sp³-hybridized carbons (Fsp3) is 0.778. The molecule has 0 unspecified atom stereocenters. The van der Waals surface area contributed by atoms with Crippen molar-refractivity contribution in [2.45, 2.75) is 44.9 Å². The molecule has 0 aliphatic carbocycles. The monoisotopic (exact) mass is 170 g/mol. The molecular weight excluding hydrogens is 156 g/mol. The van der Waals surface area contributed by atoms with E-state index in [4.69, 9.17) is 0 Å². The van der Waals surface area contributed by atoms with Gasteiger partial charge in [0.15, 0.2) is 0 Å². The minimum absolute atomic E-state index is 0.359. The molecule has 0 aromatic carbocycles. The lowest BCUT2D eigenvalue weighted by Gasteiger charge is -2.06. The SMILES string of the molecule is O=C1CCCCCCCC(=O)O1. The average Bonchev–Trinajstić information content (AvgIpc) is 2.02. The summed E-state index contributed by atoms with van der Waals surface area (Å²) >= 11 is 0. The van der Waals surface area contributed by atoms with Crippen LogP contribution in [0.3, 0.4) is 0 Å². The largest absolute Gasteiger partial charge is 0.393 e. The molecule has 0 saturated carbocycles. The molecule has 1 rings (SSSR count). The molecule has 0 bridgehead atoms. The van der Waals surface area contributed by atoms with Crippen molar-refractivity contribution in [2.75, 3.05) is 0 Å². The first-order valence-corrected chi connectivity index (χ1v) is 4.52. The van der Waals surface area contributed by atoms with E-state index in [0.717, 1.165) is 32.1 Å². The molecule has 0 spiro atoms. The van der Waals surface area contributed by atoms with Crippen LogP contribution in [0.25, 0.3) is 0 Å². The normalized spacial score (nSPS) is 21.7. The molecule has 0 aromatic heterocycles. The summed E-state index contributed by atoms with van der Waals surface area (Å²) in [6.07, 6.45) is 5.77. The van der Waals surface area contributed by atoms with Crippen LogP contribution in [-0.2, 0) is 14.3 Å². The number of carbonyl (C=O) groups excluding carboxylic acids is 2. The highest BCUT2D eigenvalue weighted by Gasteiger charge is 2.11. The number of carbonyl (C=O) groups is 2. The second-order valence-corrected chi connectivity index (χ2v) is 3.11. The van der Waals surface area contributed by atoms with Crippen LogP contribution in [0.5, 0.6) is 0 Å². The van der Waals surface area contributed by atoms with Gasteiger partial charge in [0.1, 0.15) is 0 Å². The first kappa shape index (κ1) is 9.23. The fourth-order valence-electron chi connectivity index (χ4n) is 1.30. The standard InChI is InChI=1S/C9H14O3/c10-8-6-4-2-1-3-5-7-9(11)12-8/h1-7H2. The van der Waals surface area contributed by atoms with E-state index in [1.54, 1.807) is 0 Å². The van der Waals surface area contributed by atoms with Gasteiger partial charge < -0.3 is 4.74 Å². The van der Waals surface area contributed by atoms with E-state index in [2.05, 4.69) is 4.74 Å². The zero-order valence-corrected chi connectivity index (χ0v) is 7.17. The van der Waals surface area contributed by atoms with Gasteiger partial charge >= 0.3 is 11.9 Å². The van der Waals surface area contributed by atoms with Gasteiger partial charge in [-0.1, -0.05) is 19.3 Å². The van der Waals surface area contributed by atoms with Crippen LogP contribution in [0, 0.1) is 0 Å². The summed E-state index contributed by atoms with van der Waals surface area (Å²) in [5.41, 5.74) is 0. The van der Waals surface area contributed by atoms with Crippen LogP contribution >= 0.6 is 0 Å². The number of cyclic esters (lactones) is 2. The van der Waals surface area contributed by atoms with Gasteiger partial charge in [0.2, 0.25) is 0 Å². The molecule has 0 atom stereocenters. The van der Waals surface area contributed by atoms with Crippen molar-refractivity contribution < 1.29 is 14.3 Å². The van der Waals surface area contributed by atoms with Crippen LogP contribution in [0.15, 0.2) is 0 Å². The molecule has 0 aromatic rings. The molecule has 1 fully saturated rings. The molecule has 68 valence electrons. The van der Waals surface area contributed by atoms with Crippen LogP contribution < -0.4 is 0 Å². The maximum Gasteiger partial charge on any atom is 0.313 e. The predicted molar refractivity (Wildman–Crippen MR) is 43.4 cm³/mol. The third-order valence-corrected chi connectivity index (χ3v) is 1.99. The number of ether oxygens (including phenoxy) is 1. The van der Waals surface area contributed by atoms with Crippen LogP contribution in [0.4, 0.5) is 0 Å². The summed E-state index contributed by atoms with van der Waals surface area (Å²) in [7, 11) is 0. The lowest BCUT2D eigenvalue weighted by atomic mass is 10.1. The Morgan fingerprint density at radius 1 is 0.750 bits per heavy atom. The van der Waals surface area contributed by atoms with Gasteiger partial charge in [-0.25, -0.2) is 0 Å². The maximum atomic E-state index is 10.9. The highest BCUT2D eigenvalue weighted by atomic mass is 16.6.